The number of hydrogen-bond donors (Lipinski definition) is 1. The maximum atomic E-state index is 8.89. The first-order valence-corrected chi connectivity index (χ1v) is 5.47. The van der Waals surface area contributed by atoms with Gasteiger partial charge in [-0.3, -0.25) is 0 Å². The lowest BCUT2D eigenvalue weighted by Crippen LogP contribution is -2.35. The van der Waals surface area contributed by atoms with Crippen molar-refractivity contribution in [3.63, 3.8) is 0 Å². The molecule has 0 saturated carbocycles. The molecule has 1 fully saturated rings. The monoisotopic (exact) mass is 194 g/mol. The summed E-state index contributed by atoms with van der Waals surface area (Å²) in [5, 5.41) is 8.89. The van der Waals surface area contributed by atoms with E-state index in [4.69, 9.17) is 9.84 Å². The number of ether oxygens (including phenoxy) is 1. The second-order valence-corrected chi connectivity index (χ2v) is 4.14. The molecule has 1 unspecified atom stereocenters. The molecular weight excluding hydrogens is 176 g/mol. The number of allylic oxidation sites excluding steroid dienone is 2. The Morgan fingerprint density at radius 1 is 1.36 bits per heavy atom. The van der Waals surface area contributed by atoms with Gasteiger partial charge in [-0.1, -0.05) is 24.3 Å². The summed E-state index contributed by atoms with van der Waals surface area (Å²) in [4.78, 5) is 0. The number of rotatable bonds is 4. The lowest BCUT2D eigenvalue weighted by molar-refractivity contribution is -0.0265. The van der Waals surface area contributed by atoms with Crippen molar-refractivity contribution in [2.24, 2.45) is 5.92 Å². The van der Waals surface area contributed by atoms with Gasteiger partial charge < -0.3 is 9.84 Å². The Labute approximate surface area is 85.3 Å². The summed E-state index contributed by atoms with van der Waals surface area (Å²) in [6, 6.07) is 0. The molecule has 0 amide bonds. The molecule has 1 atom stereocenters. The van der Waals surface area contributed by atoms with E-state index in [0.717, 1.165) is 32.3 Å². The van der Waals surface area contributed by atoms with Crippen molar-refractivity contribution in [3.05, 3.63) is 24.3 Å². The van der Waals surface area contributed by atoms with Gasteiger partial charge in [0.15, 0.2) is 0 Å². The van der Waals surface area contributed by atoms with Crippen molar-refractivity contribution in [3.8, 4) is 0 Å². The lowest BCUT2D eigenvalue weighted by Gasteiger charge is -2.32. The predicted octanol–water partition coefficient (Wildman–Crippen LogP) is 2.05. The van der Waals surface area contributed by atoms with Crippen molar-refractivity contribution in [1.82, 2.24) is 0 Å². The SMILES string of the molecule is OCCCC1(C2C=CC=C2)CCCO1. The van der Waals surface area contributed by atoms with Crippen LogP contribution in [0.4, 0.5) is 0 Å². The smallest absolute Gasteiger partial charge is 0.0781 e. The summed E-state index contributed by atoms with van der Waals surface area (Å²) >= 11 is 0. The molecule has 2 nitrogen and oxygen atoms in total. The van der Waals surface area contributed by atoms with Crippen molar-refractivity contribution < 1.29 is 9.84 Å². The van der Waals surface area contributed by atoms with E-state index >= 15 is 0 Å². The van der Waals surface area contributed by atoms with Crippen LogP contribution < -0.4 is 0 Å². The molecule has 1 aliphatic carbocycles. The van der Waals surface area contributed by atoms with E-state index in [2.05, 4.69) is 24.3 Å². The quantitative estimate of drug-likeness (QED) is 0.742. The van der Waals surface area contributed by atoms with Gasteiger partial charge in [0.2, 0.25) is 0 Å². The molecule has 0 spiro atoms. The van der Waals surface area contributed by atoms with E-state index in [0.29, 0.717) is 5.92 Å². The van der Waals surface area contributed by atoms with Gasteiger partial charge in [0.05, 0.1) is 5.60 Å². The Kier molecular flexibility index (Phi) is 3.04. The highest BCUT2D eigenvalue weighted by Crippen LogP contribution is 2.40. The Hall–Kier alpha value is -0.600. The van der Waals surface area contributed by atoms with Gasteiger partial charge in [-0.2, -0.15) is 0 Å². The van der Waals surface area contributed by atoms with Crippen LogP contribution in [0.5, 0.6) is 0 Å². The first-order valence-electron chi connectivity index (χ1n) is 5.47. The largest absolute Gasteiger partial charge is 0.396 e. The molecule has 0 aromatic carbocycles. The lowest BCUT2D eigenvalue weighted by atomic mass is 9.82. The zero-order chi connectivity index (χ0) is 9.86. The van der Waals surface area contributed by atoms with Crippen molar-refractivity contribution >= 4 is 0 Å². The van der Waals surface area contributed by atoms with Crippen LogP contribution in [-0.4, -0.2) is 23.9 Å². The third kappa shape index (κ3) is 1.77. The van der Waals surface area contributed by atoms with Crippen LogP contribution in [0, 0.1) is 5.92 Å². The number of aliphatic hydroxyl groups excluding tert-OH is 1. The van der Waals surface area contributed by atoms with Gasteiger partial charge in [0.1, 0.15) is 0 Å². The van der Waals surface area contributed by atoms with Gasteiger partial charge in [0, 0.05) is 19.1 Å². The highest BCUT2D eigenvalue weighted by atomic mass is 16.5. The van der Waals surface area contributed by atoms with E-state index in [1.807, 2.05) is 0 Å². The minimum Gasteiger partial charge on any atom is -0.396 e. The summed E-state index contributed by atoms with van der Waals surface area (Å²) in [6.45, 7) is 1.15. The first-order chi connectivity index (χ1) is 6.87. The summed E-state index contributed by atoms with van der Waals surface area (Å²) in [7, 11) is 0. The molecule has 1 aliphatic heterocycles. The highest BCUT2D eigenvalue weighted by Gasteiger charge is 2.40. The molecule has 2 aliphatic rings. The topological polar surface area (TPSA) is 29.5 Å². The first kappa shape index (κ1) is 9.94. The van der Waals surface area contributed by atoms with Crippen LogP contribution in [0.15, 0.2) is 24.3 Å². The van der Waals surface area contributed by atoms with Crippen LogP contribution in [0.3, 0.4) is 0 Å². The second kappa shape index (κ2) is 4.28. The summed E-state index contributed by atoms with van der Waals surface area (Å²) in [6.07, 6.45) is 12.7. The van der Waals surface area contributed by atoms with E-state index < -0.39 is 0 Å². The fraction of sp³-hybridized carbons (Fsp3) is 0.667. The predicted molar refractivity (Wildman–Crippen MR) is 56.0 cm³/mol. The Balaban J connectivity index is 2.05. The van der Waals surface area contributed by atoms with Crippen LogP contribution in [0.25, 0.3) is 0 Å². The summed E-state index contributed by atoms with van der Waals surface area (Å²) in [5.74, 6) is 0.427. The molecule has 2 heteroatoms. The maximum Gasteiger partial charge on any atom is 0.0781 e. The molecule has 14 heavy (non-hydrogen) atoms. The zero-order valence-electron chi connectivity index (χ0n) is 8.48. The standard InChI is InChI=1S/C12H18O2/c13-9-3-7-12(8-4-10-14-12)11-5-1-2-6-11/h1-2,5-6,11,13H,3-4,7-10H2. The highest BCUT2D eigenvalue weighted by molar-refractivity contribution is 5.22. The van der Waals surface area contributed by atoms with Gasteiger partial charge in [-0.25, -0.2) is 0 Å². The number of aliphatic hydroxyl groups is 1. The molecule has 2 rings (SSSR count). The van der Waals surface area contributed by atoms with E-state index in [1.54, 1.807) is 0 Å². The van der Waals surface area contributed by atoms with Gasteiger partial charge in [-0.15, -0.1) is 0 Å². The van der Waals surface area contributed by atoms with E-state index in [9.17, 15) is 0 Å². The molecule has 0 aromatic heterocycles. The summed E-state index contributed by atoms with van der Waals surface area (Å²) < 4.78 is 5.91. The van der Waals surface area contributed by atoms with Crippen molar-refractivity contribution in [2.45, 2.75) is 31.3 Å². The van der Waals surface area contributed by atoms with Crippen LogP contribution in [0.1, 0.15) is 25.7 Å². The molecule has 78 valence electrons. The van der Waals surface area contributed by atoms with Gasteiger partial charge in [0.25, 0.3) is 0 Å². The molecule has 1 N–H and O–H groups in total. The van der Waals surface area contributed by atoms with Crippen LogP contribution >= 0.6 is 0 Å². The van der Waals surface area contributed by atoms with Crippen molar-refractivity contribution in [2.75, 3.05) is 13.2 Å². The third-order valence-corrected chi connectivity index (χ3v) is 3.25. The second-order valence-electron chi connectivity index (χ2n) is 4.14. The Morgan fingerprint density at radius 2 is 2.14 bits per heavy atom. The maximum absolute atomic E-state index is 8.89. The average Bonchev–Trinajstić information content (AvgIpc) is 2.86. The zero-order valence-corrected chi connectivity index (χ0v) is 8.48. The van der Waals surface area contributed by atoms with E-state index in [1.165, 1.54) is 0 Å². The molecule has 0 radical (unpaired) electrons. The average molecular weight is 194 g/mol. The van der Waals surface area contributed by atoms with E-state index in [-0.39, 0.29) is 12.2 Å². The minimum atomic E-state index is -0.00771. The molecule has 1 heterocycles. The third-order valence-electron chi connectivity index (χ3n) is 3.25. The van der Waals surface area contributed by atoms with Crippen LogP contribution in [0.2, 0.25) is 0 Å². The summed E-state index contributed by atoms with van der Waals surface area (Å²) in [5.41, 5.74) is -0.00771. The molecular formula is C12H18O2. The van der Waals surface area contributed by atoms with Crippen LogP contribution in [-0.2, 0) is 4.74 Å². The minimum absolute atomic E-state index is 0.00771. The fourth-order valence-electron chi connectivity index (χ4n) is 2.51. The van der Waals surface area contributed by atoms with Gasteiger partial charge in [-0.05, 0) is 25.7 Å². The fourth-order valence-corrected chi connectivity index (χ4v) is 2.51. The molecule has 0 bridgehead atoms. The Bertz CT molecular complexity index is 225. The van der Waals surface area contributed by atoms with Crippen molar-refractivity contribution in [1.29, 1.82) is 0 Å². The molecule has 1 saturated heterocycles. The molecule has 0 aromatic rings. The Morgan fingerprint density at radius 3 is 2.71 bits per heavy atom. The number of hydrogen-bond acceptors (Lipinski definition) is 2. The van der Waals surface area contributed by atoms with Gasteiger partial charge >= 0.3 is 0 Å². The normalized spacial score (nSPS) is 31.8.